The molecule has 3 aliphatic rings. The number of aliphatic carboxylic acids is 1. The van der Waals surface area contributed by atoms with Crippen molar-refractivity contribution in [2.24, 2.45) is 17.8 Å². The first-order valence-electron chi connectivity index (χ1n) is 8.06. The zero-order valence-electron chi connectivity index (χ0n) is 12.7. The molecule has 0 unspecified atom stereocenters. The van der Waals surface area contributed by atoms with Crippen LogP contribution in [0.15, 0.2) is 18.2 Å². The SMILES string of the molecule is O=C(N[C@@H](c1ccc2c(c1)OCCO2)C1CC1)[C@H]1C[C@H]1C(=O)O. The predicted octanol–water partition coefficient (Wildman–Crippen LogP) is 1.75. The number of rotatable bonds is 5. The van der Waals surface area contributed by atoms with Gasteiger partial charge in [-0.1, -0.05) is 6.07 Å². The Morgan fingerprint density at radius 2 is 1.87 bits per heavy atom. The fraction of sp³-hybridized carbons (Fsp3) is 0.529. The van der Waals surface area contributed by atoms with E-state index in [1.807, 2.05) is 18.2 Å². The number of hydrogen-bond donors (Lipinski definition) is 2. The van der Waals surface area contributed by atoms with Crippen molar-refractivity contribution in [2.75, 3.05) is 13.2 Å². The monoisotopic (exact) mass is 317 g/mol. The second-order valence-electron chi connectivity index (χ2n) is 6.51. The molecule has 1 aliphatic heterocycles. The molecular formula is C17H19NO5. The summed E-state index contributed by atoms with van der Waals surface area (Å²) in [5, 5.41) is 12.0. The van der Waals surface area contributed by atoms with Crippen LogP contribution in [0.2, 0.25) is 0 Å². The highest BCUT2D eigenvalue weighted by Gasteiger charge is 2.49. The Balaban J connectivity index is 1.50. The molecule has 0 saturated heterocycles. The standard InChI is InChI=1S/C17H19NO5/c19-16(11-8-12(11)17(20)21)18-15(9-1-2-9)10-3-4-13-14(7-10)23-6-5-22-13/h3-4,7,9,11-12,15H,1-2,5-6,8H2,(H,18,19)(H,20,21)/t11-,12+,15+/m0/s1. The minimum atomic E-state index is -0.882. The summed E-state index contributed by atoms with van der Waals surface area (Å²) in [5.74, 6) is -0.0706. The molecular weight excluding hydrogens is 298 g/mol. The van der Waals surface area contributed by atoms with Gasteiger partial charge in [0.25, 0.3) is 0 Å². The van der Waals surface area contributed by atoms with Crippen LogP contribution in [-0.4, -0.2) is 30.2 Å². The van der Waals surface area contributed by atoms with Crippen molar-refractivity contribution < 1.29 is 24.2 Å². The van der Waals surface area contributed by atoms with E-state index in [2.05, 4.69) is 5.32 Å². The zero-order chi connectivity index (χ0) is 16.0. The molecule has 2 saturated carbocycles. The molecule has 0 bridgehead atoms. The quantitative estimate of drug-likeness (QED) is 0.864. The summed E-state index contributed by atoms with van der Waals surface area (Å²) >= 11 is 0. The summed E-state index contributed by atoms with van der Waals surface area (Å²) < 4.78 is 11.1. The highest BCUT2D eigenvalue weighted by molar-refractivity contribution is 5.89. The molecule has 0 aromatic heterocycles. The first-order chi connectivity index (χ1) is 11.1. The van der Waals surface area contributed by atoms with Gasteiger partial charge in [-0.15, -0.1) is 0 Å². The molecule has 1 amide bonds. The first kappa shape index (κ1) is 14.4. The van der Waals surface area contributed by atoms with Gasteiger partial charge in [-0.05, 0) is 42.9 Å². The highest BCUT2D eigenvalue weighted by Crippen LogP contribution is 2.45. The van der Waals surface area contributed by atoms with Gasteiger partial charge < -0.3 is 19.9 Å². The molecule has 122 valence electrons. The van der Waals surface area contributed by atoms with E-state index in [1.165, 1.54) is 0 Å². The maximum Gasteiger partial charge on any atom is 0.307 e. The largest absolute Gasteiger partial charge is 0.486 e. The van der Waals surface area contributed by atoms with Crippen LogP contribution in [0.3, 0.4) is 0 Å². The second kappa shape index (κ2) is 5.44. The molecule has 4 rings (SSSR count). The smallest absolute Gasteiger partial charge is 0.307 e. The van der Waals surface area contributed by atoms with Crippen LogP contribution >= 0.6 is 0 Å². The van der Waals surface area contributed by atoms with Gasteiger partial charge in [-0.3, -0.25) is 9.59 Å². The minimum Gasteiger partial charge on any atom is -0.486 e. The fourth-order valence-electron chi connectivity index (χ4n) is 3.17. The molecule has 3 atom stereocenters. The third kappa shape index (κ3) is 2.85. The summed E-state index contributed by atoms with van der Waals surface area (Å²) in [4.78, 5) is 23.2. The summed E-state index contributed by atoms with van der Waals surface area (Å²) in [6, 6.07) is 5.69. The molecule has 6 nitrogen and oxygen atoms in total. The van der Waals surface area contributed by atoms with Crippen LogP contribution in [0.5, 0.6) is 11.5 Å². The van der Waals surface area contributed by atoms with Crippen molar-refractivity contribution in [1.82, 2.24) is 5.32 Å². The zero-order valence-corrected chi connectivity index (χ0v) is 12.7. The Morgan fingerprint density at radius 1 is 1.13 bits per heavy atom. The number of nitrogens with one attached hydrogen (secondary N) is 1. The molecule has 1 heterocycles. The van der Waals surface area contributed by atoms with Crippen molar-refractivity contribution in [3.05, 3.63) is 23.8 Å². The maximum absolute atomic E-state index is 12.3. The number of carboxylic acids is 1. The van der Waals surface area contributed by atoms with Gasteiger partial charge in [0.15, 0.2) is 11.5 Å². The summed E-state index contributed by atoms with van der Waals surface area (Å²) in [5.41, 5.74) is 0.998. The molecule has 1 aromatic carbocycles. The Kier molecular flexibility index (Phi) is 3.39. The van der Waals surface area contributed by atoms with E-state index in [1.54, 1.807) is 0 Å². The normalized spacial score (nSPS) is 26.3. The number of amides is 1. The average molecular weight is 317 g/mol. The van der Waals surface area contributed by atoms with Gasteiger partial charge >= 0.3 is 5.97 Å². The van der Waals surface area contributed by atoms with Crippen molar-refractivity contribution in [2.45, 2.75) is 25.3 Å². The van der Waals surface area contributed by atoms with Crippen LogP contribution in [0.1, 0.15) is 30.9 Å². The van der Waals surface area contributed by atoms with Gasteiger partial charge in [0.2, 0.25) is 5.91 Å². The minimum absolute atomic E-state index is 0.0756. The van der Waals surface area contributed by atoms with Crippen LogP contribution < -0.4 is 14.8 Å². The summed E-state index contributed by atoms with van der Waals surface area (Å²) in [7, 11) is 0. The number of fused-ring (bicyclic) bond motifs is 1. The van der Waals surface area contributed by atoms with Crippen LogP contribution in [0, 0.1) is 17.8 Å². The van der Waals surface area contributed by atoms with Gasteiger partial charge in [0.05, 0.1) is 17.9 Å². The van der Waals surface area contributed by atoms with Crippen molar-refractivity contribution >= 4 is 11.9 Å². The number of carbonyl (C=O) groups is 2. The fourth-order valence-corrected chi connectivity index (χ4v) is 3.17. The Bertz CT molecular complexity index is 654. The lowest BCUT2D eigenvalue weighted by atomic mass is 10.0. The Labute approximate surface area is 133 Å². The maximum atomic E-state index is 12.3. The van der Waals surface area contributed by atoms with Crippen LogP contribution in [-0.2, 0) is 9.59 Å². The van der Waals surface area contributed by atoms with E-state index in [0.717, 1.165) is 24.2 Å². The Morgan fingerprint density at radius 3 is 2.52 bits per heavy atom. The lowest BCUT2D eigenvalue weighted by Gasteiger charge is -2.23. The van der Waals surface area contributed by atoms with E-state index >= 15 is 0 Å². The van der Waals surface area contributed by atoms with Gasteiger partial charge in [0, 0.05) is 0 Å². The average Bonchev–Trinajstić information content (AvgIpc) is 3.44. The van der Waals surface area contributed by atoms with Crippen molar-refractivity contribution in [3.8, 4) is 11.5 Å². The van der Waals surface area contributed by atoms with Crippen LogP contribution in [0.4, 0.5) is 0 Å². The molecule has 23 heavy (non-hydrogen) atoms. The molecule has 2 N–H and O–H groups in total. The van der Waals surface area contributed by atoms with Crippen LogP contribution in [0.25, 0.3) is 0 Å². The molecule has 1 aromatic rings. The van der Waals surface area contributed by atoms with Crippen molar-refractivity contribution in [3.63, 3.8) is 0 Å². The summed E-state index contributed by atoms with van der Waals surface area (Å²) in [6.07, 6.45) is 2.60. The molecule has 0 spiro atoms. The van der Waals surface area contributed by atoms with E-state index in [4.69, 9.17) is 14.6 Å². The van der Waals surface area contributed by atoms with Gasteiger partial charge in [-0.25, -0.2) is 0 Å². The third-order valence-corrected chi connectivity index (χ3v) is 4.76. The number of benzene rings is 1. The van der Waals surface area contributed by atoms with E-state index < -0.39 is 11.9 Å². The highest BCUT2D eigenvalue weighted by atomic mass is 16.6. The lowest BCUT2D eigenvalue weighted by Crippen LogP contribution is -2.32. The number of carboxylic acid groups (broad SMARTS) is 1. The Hall–Kier alpha value is -2.24. The molecule has 2 fully saturated rings. The first-order valence-corrected chi connectivity index (χ1v) is 8.06. The third-order valence-electron chi connectivity index (χ3n) is 4.76. The number of ether oxygens (including phenoxy) is 2. The second-order valence-corrected chi connectivity index (χ2v) is 6.51. The predicted molar refractivity (Wildman–Crippen MR) is 80.3 cm³/mol. The number of carbonyl (C=O) groups excluding carboxylic acids is 1. The topological polar surface area (TPSA) is 84.9 Å². The van der Waals surface area contributed by atoms with E-state index in [0.29, 0.717) is 31.3 Å². The molecule has 6 heteroatoms. The lowest BCUT2D eigenvalue weighted by molar-refractivity contribution is -0.140. The van der Waals surface area contributed by atoms with E-state index in [9.17, 15) is 9.59 Å². The molecule has 0 radical (unpaired) electrons. The van der Waals surface area contributed by atoms with Gasteiger partial charge in [0.1, 0.15) is 13.2 Å². The number of hydrogen-bond acceptors (Lipinski definition) is 4. The van der Waals surface area contributed by atoms with E-state index in [-0.39, 0.29) is 17.9 Å². The van der Waals surface area contributed by atoms with Gasteiger partial charge in [-0.2, -0.15) is 0 Å². The van der Waals surface area contributed by atoms with Crippen molar-refractivity contribution in [1.29, 1.82) is 0 Å². The molecule has 2 aliphatic carbocycles. The summed E-state index contributed by atoms with van der Waals surface area (Å²) in [6.45, 7) is 1.08.